The number of hydrogen-bond donors (Lipinski definition) is 2. The van der Waals surface area contributed by atoms with Crippen LogP contribution >= 0.6 is 15.9 Å². The number of halogens is 1. The third-order valence-corrected chi connectivity index (χ3v) is 4.00. The number of hydrogen-bond acceptors (Lipinski definition) is 4. The number of benzene rings is 2. The Morgan fingerprint density at radius 2 is 1.96 bits per heavy atom. The Labute approximate surface area is 150 Å². The molecule has 2 N–H and O–H groups in total. The zero-order chi connectivity index (χ0) is 18.0. The number of allylic oxidation sites excluding steroid dienone is 1. The maximum Gasteiger partial charge on any atom is 0.335 e. The Hall–Kier alpha value is -3.24. The molecule has 0 unspecified atom stereocenters. The van der Waals surface area contributed by atoms with Crippen molar-refractivity contribution in [3.8, 4) is 6.07 Å². The summed E-state index contributed by atoms with van der Waals surface area (Å²) in [6.07, 6.45) is 1.54. The summed E-state index contributed by atoms with van der Waals surface area (Å²) in [7, 11) is 0. The lowest BCUT2D eigenvalue weighted by Gasteiger charge is -2.03. The zero-order valence-electron chi connectivity index (χ0n) is 12.7. The summed E-state index contributed by atoms with van der Waals surface area (Å²) in [6, 6.07) is 13.2. The lowest BCUT2D eigenvalue weighted by molar-refractivity contribution is 0.0697. The van der Waals surface area contributed by atoms with Gasteiger partial charge in [0.1, 0.15) is 6.07 Å². The Kier molecular flexibility index (Phi) is 4.46. The fourth-order valence-corrected chi connectivity index (χ4v) is 2.64. The van der Waals surface area contributed by atoms with Gasteiger partial charge in [-0.05, 0) is 42.0 Å². The number of nitrogens with one attached hydrogen (secondary N) is 1. The van der Waals surface area contributed by atoms with Gasteiger partial charge in [0.25, 0.3) is 5.56 Å². The van der Waals surface area contributed by atoms with Crippen molar-refractivity contribution in [2.45, 2.75) is 0 Å². The average Bonchev–Trinajstić information content (AvgIpc) is 2.60. The number of H-pyrrole nitrogens is 1. The second-order valence-electron chi connectivity index (χ2n) is 5.17. The summed E-state index contributed by atoms with van der Waals surface area (Å²) in [4.78, 5) is 30.0. The smallest absolute Gasteiger partial charge is 0.335 e. The highest BCUT2D eigenvalue weighted by Gasteiger charge is 2.09. The van der Waals surface area contributed by atoms with Crippen LogP contribution in [0.15, 0.2) is 51.7 Å². The highest BCUT2D eigenvalue weighted by molar-refractivity contribution is 9.10. The Morgan fingerprint density at radius 1 is 1.24 bits per heavy atom. The minimum Gasteiger partial charge on any atom is -0.478 e. The zero-order valence-corrected chi connectivity index (χ0v) is 14.2. The molecule has 6 nitrogen and oxygen atoms in total. The summed E-state index contributed by atoms with van der Waals surface area (Å²) in [5.74, 6) is -0.868. The molecule has 0 spiro atoms. The van der Waals surface area contributed by atoms with E-state index in [4.69, 9.17) is 5.11 Å². The molecule has 0 radical (unpaired) electrons. The SMILES string of the molecule is N#C/C(=C/c1ccc(C(=O)O)cc1)c1nc2ccc(Br)cc2c(=O)[nH]1. The van der Waals surface area contributed by atoms with E-state index in [9.17, 15) is 14.9 Å². The molecule has 0 aliphatic rings. The molecule has 3 rings (SSSR count). The minimum absolute atomic E-state index is 0.151. The fourth-order valence-electron chi connectivity index (χ4n) is 2.28. The summed E-state index contributed by atoms with van der Waals surface area (Å²) in [5, 5.41) is 18.7. The van der Waals surface area contributed by atoms with Gasteiger partial charge < -0.3 is 10.1 Å². The van der Waals surface area contributed by atoms with E-state index in [0.29, 0.717) is 16.5 Å². The third kappa shape index (κ3) is 3.49. The number of nitriles is 1. The second-order valence-corrected chi connectivity index (χ2v) is 6.09. The van der Waals surface area contributed by atoms with Gasteiger partial charge >= 0.3 is 5.97 Å². The van der Waals surface area contributed by atoms with Crippen LogP contribution in [0.4, 0.5) is 0 Å². The first-order valence-electron chi connectivity index (χ1n) is 7.13. The summed E-state index contributed by atoms with van der Waals surface area (Å²) in [6.45, 7) is 0. The highest BCUT2D eigenvalue weighted by atomic mass is 79.9. The predicted molar refractivity (Wildman–Crippen MR) is 96.9 cm³/mol. The Bertz CT molecular complexity index is 1110. The quantitative estimate of drug-likeness (QED) is 0.660. The molecule has 7 heteroatoms. The van der Waals surface area contributed by atoms with Crippen LogP contribution in [0.25, 0.3) is 22.6 Å². The van der Waals surface area contributed by atoms with E-state index in [0.717, 1.165) is 4.47 Å². The summed E-state index contributed by atoms with van der Waals surface area (Å²) < 4.78 is 0.759. The fraction of sp³-hybridized carbons (Fsp3) is 0. The first kappa shape index (κ1) is 16.6. The molecule has 0 saturated carbocycles. The maximum atomic E-state index is 12.2. The first-order valence-corrected chi connectivity index (χ1v) is 7.92. The first-order chi connectivity index (χ1) is 12.0. The van der Waals surface area contributed by atoms with Crippen molar-refractivity contribution in [1.82, 2.24) is 9.97 Å². The van der Waals surface area contributed by atoms with Gasteiger partial charge in [-0.2, -0.15) is 5.26 Å². The molecule has 0 aliphatic carbocycles. The normalized spacial score (nSPS) is 11.3. The lowest BCUT2D eigenvalue weighted by Crippen LogP contribution is -2.11. The number of fused-ring (bicyclic) bond motifs is 1. The lowest BCUT2D eigenvalue weighted by atomic mass is 10.1. The third-order valence-electron chi connectivity index (χ3n) is 3.51. The Morgan fingerprint density at radius 3 is 2.60 bits per heavy atom. The van der Waals surface area contributed by atoms with Crippen molar-refractivity contribution in [2.75, 3.05) is 0 Å². The van der Waals surface area contributed by atoms with E-state index in [1.54, 1.807) is 30.3 Å². The van der Waals surface area contributed by atoms with Crippen LogP contribution in [-0.2, 0) is 0 Å². The maximum absolute atomic E-state index is 12.2. The molecule has 0 aliphatic heterocycles. The molecule has 0 bridgehead atoms. The molecule has 1 aromatic heterocycles. The van der Waals surface area contributed by atoms with E-state index < -0.39 is 5.97 Å². The molecule has 0 fully saturated rings. The van der Waals surface area contributed by atoms with Crippen molar-refractivity contribution in [3.05, 3.63) is 74.2 Å². The number of carboxylic acids is 1. The molecular formula is C18H10BrN3O3. The van der Waals surface area contributed by atoms with Crippen molar-refractivity contribution >= 4 is 44.5 Å². The second kappa shape index (κ2) is 6.71. The predicted octanol–water partition coefficient (Wildman–Crippen LogP) is 3.45. The van der Waals surface area contributed by atoms with E-state index in [1.165, 1.54) is 18.2 Å². The molecule has 25 heavy (non-hydrogen) atoms. The van der Waals surface area contributed by atoms with Gasteiger partial charge in [0.05, 0.1) is 22.0 Å². The van der Waals surface area contributed by atoms with E-state index in [1.807, 2.05) is 6.07 Å². The number of nitrogens with zero attached hydrogens (tertiary/aromatic N) is 2. The topological polar surface area (TPSA) is 107 Å². The minimum atomic E-state index is -1.03. The van der Waals surface area contributed by atoms with Gasteiger partial charge in [0.15, 0.2) is 5.82 Å². The monoisotopic (exact) mass is 395 g/mol. The van der Waals surface area contributed by atoms with Crippen molar-refractivity contribution in [1.29, 1.82) is 5.26 Å². The van der Waals surface area contributed by atoms with Gasteiger partial charge in [-0.15, -0.1) is 0 Å². The summed E-state index contributed by atoms with van der Waals surface area (Å²) in [5.41, 5.74) is 1.08. The van der Waals surface area contributed by atoms with Crippen LogP contribution in [-0.4, -0.2) is 21.0 Å². The molecule has 1 heterocycles. The van der Waals surface area contributed by atoms with Gasteiger partial charge in [-0.1, -0.05) is 28.1 Å². The average molecular weight is 396 g/mol. The van der Waals surface area contributed by atoms with Crippen molar-refractivity contribution in [3.63, 3.8) is 0 Å². The van der Waals surface area contributed by atoms with Gasteiger partial charge in [0, 0.05) is 4.47 Å². The van der Waals surface area contributed by atoms with E-state index in [-0.39, 0.29) is 22.5 Å². The van der Waals surface area contributed by atoms with Crippen LogP contribution in [0, 0.1) is 11.3 Å². The molecule has 122 valence electrons. The molecule has 0 atom stereocenters. The number of aromatic carboxylic acids is 1. The Balaban J connectivity index is 2.08. The molecular weight excluding hydrogens is 386 g/mol. The molecule has 3 aromatic rings. The van der Waals surface area contributed by atoms with Crippen LogP contribution in [0.2, 0.25) is 0 Å². The number of carbonyl (C=O) groups is 1. The number of aromatic nitrogens is 2. The highest BCUT2D eigenvalue weighted by Crippen LogP contribution is 2.19. The largest absolute Gasteiger partial charge is 0.478 e. The van der Waals surface area contributed by atoms with E-state index >= 15 is 0 Å². The van der Waals surface area contributed by atoms with Gasteiger partial charge in [-0.3, -0.25) is 4.79 Å². The molecule has 0 amide bonds. The number of aromatic amines is 1. The van der Waals surface area contributed by atoms with Crippen LogP contribution < -0.4 is 5.56 Å². The number of rotatable bonds is 3. The van der Waals surface area contributed by atoms with Gasteiger partial charge in [0.2, 0.25) is 0 Å². The van der Waals surface area contributed by atoms with Crippen molar-refractivity contribution in [2.24, 2.45) is 0 Å². The van der Waals surface area contributed by atoms with Crippen LogP contribution in [0.5, 0.6) is 0 Å². The van der Waals surface area contributed by atoms with E-state index in [2.05, 4.69) is 25.9 Å². The number of carboxylic acid groups (broad SMARTS) is 1. The summed E-state index contributed by atoms with van der Waals surface area (Å²) >= 11 is 3.30. The molecule has 2 aromatic carbocycles. The van der Waals surface area contributed by atoms with Crippen molar-refractivity contribution < 1.29 is 9.90 Å². The standard InChI is InChI=1S/C18H10BrN3O3/c19-13-5-6-15-14(8-13)17(23)22-16(21-15)12(9-20)7-10-1-3-11(4-2-10)18(24)25/h1-8H,(H,24,25)(H,21,22,23)/b12-7-. The molecule has 0 saturated heterocycles. The van der Waals surface area contributed by atoms with Crippen LogP contribution in [0.1, 0.15) is 21.7 Å². The van der Waals surface area contributed by atoms with Gasteiger partial charge in [-0.25, -0.2) is 9.78 Å². The van der Waals surface area contributed by atoms with Crippen LogP contribution in [0.3, 0.4) is 0 Å².